The molecule has 1 fully saturated rings. The van der Waals surface area contributed by atoms with Crippen molar-refractivity contribution in [2.75, 3.05) is 25.0 Å². The Labute approximate surface area is 181 Å². The molecule has 1 aromatic heterocycles. The summed E-state index contributed by atoms with van der Waals surface area (Å²) >= 11 is 0. The zero-order chi connectivity index (χ0) is 22.8. The van der Waals surface area contributed by atoms with E-state index in [2.05, 4.69) is 15.0 Å². The monoisotopic (exact) mass is 450 g/mol. The van der Waals surface area contributed by atoms with Crippen LogP contribution in [0.3, 0.4) is 0 Å². The third-order valence-electron chi connectivity index (χ3n) is 5.30. The third-order valence-corrected chi connectivity index (χ3v) is 6.93. The highest BCUT2D eigenvalue weighted by molar-refractivity contribution is 7.89. The molecule has 0 saturated carbocycles. The number of nitrogens with zero attached hydrogens (tertiary/aromatic N) is 1. The summed E-state index contributed by atoms with van der Waals surface area (Å²) in [6.45, 7) is 6.02. The van der Waals surface area contributed by atoms with Crippen molar-refractivity contribution in [2.24, 2.45) is 0 Å². The highest BCUT2D eigenvalue weighted by Crippen LogP contribution is 2.26. The molecule has 3 rings (SSSR count). The molecule has 3 N–H and O–H groups in total. The molecule has 0 radical (unpaired) electrons. The first-order valence-corrected chi connectivity index (χ1v) is 11.6. The second-order valence-electron chi connectivity index (χ2n) is 7.73. The number of aromatic nitrogens is 1. The minimum atomic E-state index is -4.02. The lowest BCUT2D eigenvalue weighted by molar-refractivity contribution is -0.116. The Morgan fingerprint density at radius 3 is 2.45 bits per heavy atom. The summed E-state index contributed by atoms with van der Waals surface area (Å²) in [5.74, 6) is -1.11. The molecule has 8 nitrogen and oxygen atoms in total. The molecule has 1 aliphatic heterocycles. The van der Waals surface area contributed by atoms with Crippen molar-refractivity contribution in [3.05, 3.63) is 46.5 Å². The second kappa shape index (κ2) is 9.19. The molecule has 2 amide bonds. The van der Waals surface area contributed by atoms with Crippen LogP contribution in [-0.4, -0.2) is 49.8 Å². The Hall–Kier alpha value is -2.72. The summed E-state index contributed by atoms with van der Waals surface area (Å²) in [5, 5.41) is 2.64. The predicted molar refractivity (Wildman–Crippen MR) is 115 cm³/mol. The molecule has 0 bridgehead atoms. The van der Waals surface area contributed by atoms with Crippen LogP contribution in [0.15, 0.2) is 23.1 Å². The molecule has 10 heteroatoms. The van der Waals surface area contributed by atoms with Gasteiger partial charge in [0.05, 0.1) is 5.56 Å². The number of carbonyl (C=O) groups is 2. The summed E-state index contributed by atoms with van der Waals surface area (Å²) in [5.41, 5.74) is 2.05. The molecule has 0 spiro atoms. The zero-order valence-corrected chi connectivity index (χ0v) is 18.7. The SMILES string of the molecule is Cc1cc(F)ccc1NC(=O)CCNS(=O)(=O)c1c(C)[nH]c(C)c1C(=O)N1CCCC1. The van der Waals surface area contributed by atoms with Crippen LogP contribution < -0.4 is 10.0 Å². The summed E-state index contributed by atoms with van der Waals surface area (Å²) in [6, 6.07) is 3.99. The predicted octanol–water partition coefficient (Wildman–Crippen LogP) is 2.62. The highest BCUT2D eigenvalue weighted by Gasteiger charge is 2.32. The van der Waals surface area contributed by atoms with E-state index in [1.807, 2.05) is 0 Å². The maximum Gasteiger partial charge on any atom is 0.257 e. The van der Waals surface area contributed by atoms with Gasteiger partial charge >= 0.3 is 0 Å². The standard InChI is InChI=1S/C21H27FN4O4S/c1-13-12-16(22)6-7-17(13)25-18(27)8-9-23-31(29,30)20-15(3)24-14(2)19(20)21(28)26-10-4-5-11-26/h6-7,12,23-24H,4-5,8-11H2,1-3H3,(H,25,27). The largest absolute Gasteiger partial charge is 0.361 e. The van der Waals surface area contributed by atoms with Crippen molar-refractivity contribution in [1.29, 1.82) is 0 Å². The number of sulfonamides is 1. The molecule has 0 aliphatic carbocycles. The van der Waals surface area contributed by atoms with Gasteiger partial charge in [-0.3, -0.25) is 9.59 Å². The summed E-state index contributed by atoms with van der Waals surface area (Å²) in [7, 11) is -4.02. The Balaban J connectivity index is 1.68. The number of anilines is 1. The van der Waals surface area contributed by atoms with E-state index in [1.165, 1.54) is 18.2 Å². The van der Waals surface area contributed by atoms with E-state index in [4.69, 9.17) is 0 Å². The first-order chi connectivity index (χ1) is 14.6. The fourth-order valence-electron chi connectivity index (χ4n) is 3.78. The summed E-state index contributed by atoms with van der Waals surface area (Å²) in [6.07, 6.45) is 1.68. The highest BCUT2D eigenvalue weighted by atomic mass is 32.2. The minimum absolute atomic E-state index is 0.0725. The zero-order valence-electron chi connectivity index (χ0n) is 17.8. The van der Waals surface area contributed by atoms with Crippen molar-refractivity contribution in [1.82, 2.24) is 14.6 Å². The summed E-state index contributed by atoms with van der Waals surface area (Å²) in [4.78, 5) is 29.6. The number of halogens is 1. The van der Waals surface area contributed by atoms with Crippen LogP contribution in [0.2, 0.25) is 0 Å². The van der Waals surface area contributed by atoms with Gasteiger partial charge in [-0.25, -0.2) is 17.5 Å². The first kappa shape index (κ1) is 23.0. The number of nitrogens with one attached hydrogen (secondary N) is 3. The van der Waals surface area contributed by atoms with Crippen LogP contribution in [0.25, 0.3) is 0 Å². The molecule has 0 unspecified atom stereocenters. The average molecular weight is 451 g/mol. The van der Waals surface area contributed by atoms with E-state index in [9.17, 15) is 22.4 Å². The van der Waals surface area contributed by atoms with Gasteiger partial charge in [0, 0.05) is 43.1 Å². The Morgan fingerprint density at radius 2 is 1.81 bits per heavy atom. The lowest BCUT2D eigenvalue weighted by Gasteiger charge is -2.17. The Kier molecular flexibility index (Phi) is 6.80. The van der Waals surface area contributed by atoms with E-state index in [0.717, 1.165) is 12.8 Å². The maximum absolute atomic E-state index is 13.2. The smallest absolute Gasteiger partial charge is 0.257 e. The van der Waals surface area contributed by atoms with Gasteiger partial charge in [-0.15, -0.1) is 0 Å². The van der Waals surface area contributed by atoms with Gasteiger partial charge < -0.3 is 15.2 Å². The van der Waals surface area contributed by atoms with Crippen molar-refractivity contribution in [3.8, 4) is 0 Å². The van der Waals surface area contributed by atoms with Crippen LogP contribution in [0, 0.1) is 26.6 Å². The average Bonchev–Trinajstić information content (AvgIpc) is 3.31. The van der Waals surface area contributed by atoms with Crippen molar-refractivity contribution in [3.63, 3.8) is 0 Å². The molecule has 1 saturated heterocycles. The van der Waals surface area contributed by atoms with Gasteiger partial charge in [0.1, 0.15) is 10.7 Å². The van der Waals surface area contributed by atoms with Gasteiger partial charge in [0.15, 0.2) is 0 Å². The second-order valence-corrected chi connectivity index (χ2v) is 9.44. The normalized spacial score (nSPS) is 14.1. The van der Waals surface area contributed by atoms with Crippen LogP contribution in [-0.2, 0) is 14.8 Å². The van der Waals surface area contributed by atoms with Crippen molar-refractivity contribution < 1.29 is 22.4 Å². The van der Waals surface area contributed by atoms with Gasteiger partial charge in [0.25, 0.3) is 5.91 Å². The molecule has 2 aromatic rings. The van der Waals surface area contributed by atoms with E-state index in [-0.39, 0.29) is 29.3 Å². The molecule has 2 heterocycles. The number of H-pyrrole nitrogens is 1. The number of aromatic amines is 1. The molecular formula is C21H27FN4O4S. The third kappa shape index (κ3) is 5.13. The number of hydrogen-bond acceptors (Lipinski definition) is 4. The number of hydrogen-bond donors (Lipinski definition) is 3. The number of likely N-dealkylation sites (tertiary alicyclic amines) is 1. The number of amides is 2. The van der Waals surface area contributed by atoms with E-state index < -0.39 is 21.7 Å². The molecule has 168 valence electrons. The fraction of sp³-hybridized carbons (Fsp3) is 0.429. The lowest BCUT2D eigenvalue weighted by Crippen LogP contribution is -2.32. The molecule has 31 heavy (non-hydrogen) atoms. The van der Waals surface area contributed by atoms with Gasteiger partial charge in [-0.05, 0) is 57.4 Å². The van der Waals surface area contributed by atoms with Gasteiger partial charge in [-0.1, -0.05) is 0 Å². The van der Waals surface area contributed by atoms with Crippen LogP contribution >= 0.6 is 0 Å². The summed E-state index contributed by atoms with van der Waals surface area (Å²) < 4.78 is 41.5. The molecule has 1 aliphatic rings. The Bertz CT molecular complexity index is 1100. The number of carbonyl (C=O) groups excluding carboxylic acids is 2. The molecular weight excluding hydrogens is 423 g/mol. The maximum atomic E-state index is 13.2. The van der Waals surface area contributed by atoms with E-state index >= 15 is 0 Å². The lowest BCUT2D eigenvalue weighted by atomic mass is 10.2. The van der Waals surface area contributed by atoms with E-state index in [0.29, 0.717) is 35.7 Å². The first-order valence-electron chi connectivity index (χ1n) is 10.1. The minimum Gasteiger partial charge on any atom is -0.361 e. The van der Waals surface area contributed by atoms with Gasteiger partial charge in [0.2, 0.25) is 15.9 Å². The Morgan fingerprint density at radius 1 is 1.13 bits per heavy atom. The van der Waals surface area contributed by atoms with Crippen LogP contribution in [0.5, 0.6) is 0 Å². The topological polar surface area (TPSA) is 111 Å². The van der Waals surface area contributed by atoms with Gasteiger partial charge in [-0.2, -0.15) is 0 Å². The molecule has 1 aromatic carbocycles. The quantitative estimate of drug-likeness (QED) is 0.602. The molecule has 0 atom stereocenters. The number of aryl methyl sites for hydroxylation is 3. The van der Waals surface area contributed by atoms with Crippen LogP contribution in [0.4, 0.5) is 10.1 Å². The fourth-order valence-corrected chi connectivity index (χ4v) is 5.26. The van der Waals surface area contributed by atoms with Crippen molar-refractivity contribution in [2.45, 2.75) is 44.9 Å². The number of benzene rings is 1. The number of rotatable bonds is 7. The van der Waals surface area contributed by atoms with Crippen molar-refractivity contribution >= 4 is 27.5 Å². The van der Waals surface area contributed by atoms with Crippen LogP contribution in [0.1, 0.15) is 46.6 Å². The van der Waals surface area contributed by atoms with E-state index in [1.54, 1.807) is 25.7 Å².